The lowest BCUT2D eigenvalue weighted by atomic mass is 9.55. The van der Waals surface area contributed by atoms with Gasteiger partial charge in [0.2, 0.25) is 0 Å². The van der Waals surface area contributed by atoms with Crippen LogP contribution >= 0.6 is 0 Å². The lowest BCUT2D eigenvalue weighted by Gasteiger charge is -2.55. The van der Waals surface area contributed by atoms with E-state index in [4.69, 9.17) is 4.74 Å². The summed E-state index contributed by atoms with van der Waals surface area (Å²) in [6.45, 7) is 10.5. The van der Waals surface area contributed by atoms with Gasteiger partial charge in [-0.05, 0) is 95.2 Å². The van der Waals surface area contributed by atoms with E-state index in [0.29, 0.717) is 17.8 Å². The Bertz CT molecular complexity index is 757. The van der Waals surface area contributed by atoms with Gasteiger partial charge >= 0.3 is 0 Å². The van der Waals surface area contributed by atoms with Gasteiger partial charge in [-0.15, -0.1) is 0 Å². The largest absolute Gasteiger partial charge is 0.508 e. The molecular formula is C23H32O3. The molecule has 0 aromatic heterocycles. The second-order valence-corrected chi connectivity index (χ2v) is 9.71. The Hall–Kier alpha value is -1.48. The molecule has 2 aliphatic carbocycles. The summed E-state index contributed by atoms with van der Waals surface area (Å²) < 4.78 is 6.57. The van der Waals surface area contributed by atoms with Crippen molar-refractivity contribution in [2.75, 3.05) is 0 Å². The maximum absolute atomic E-state index is 10.8. The molecule has 0 unspecified atom stereocenters. The molecule has 3 heteroatoms. The molecule has 26 heavy (non-hydrogen) atoms. The summed E-state index contributed by atoms with van der Waals surface area (Å²) in [6, 6.07) is 3.61. The van der Waals surface area contributed by atoms with Crippen LogP contribution in [0.5, 0.6) is 11.5 Å². The van der Waals surface area contributed by atoms with Crippen molar-refractivity contribution < 1.29 is 14.9 Å². The van der Waals surface area contributed by atoms with E-state index in [0.717, 1.165) is 37.0 Å². The van der Waals surface area contributed by atoms with Gasteiger partial charge in [0.1, 0.15) is 17.1 Å². The van der Waals surface area contributed by atoms with E-state index in [1.165, 1.54) is 11.1 Å². The normalized spacial score (nSPS) is 36.3. The van der Waals surface area contributed by atoms with E-state index in [1.54, 1.807) is 6.07 Å². The van der Waals surface area contributed by atoms with Crippen molar-refractivity contribution in [3.63, 3.8) is 0 Å². The highest BCUT2D eigenvalue weighted by molar-refractivity contribution is 5.48. The molecule has 0 amide bonds. The van der Waals surface area contributed by atoms with Gasteiger partial charge in [0.15, 0.2) is 0 Å². The summed E-state index contributed by atoms with van der Waals surface area (Å²) in [6.07, 6.45) is 6.41. The number of aryl methyl sites for hydroxylation is 1. The van der Waals surface area contributed by atoms with Crippen molar-refractivity contribution in [3.05, 3.63) is 34.9 Å². The molecule has 1 aromatic rings. The Morgan fingerprint density at radius 3 is 2.65 bits per heavy atom. The Balaban J connectivity index is 1.72. The third kappa shape index (κ3) is 2.76. The number of aliphatic hydroxyl groups is 1. The third-order valence-electron chi connectivity index (χ3n) is 7.47. The molecule has 3 nitrogen and oxygen atoms in total. The number of phenols is 1. The van der Waals surface area contributed by atoms with Crippen molar-refractivity contribution in [2.45, 2.75) is 71.5 Å². The lowest BCUT2D eigenvalue weighted by molar-refractivity contribution is -0.102. The summed E-state index contributed by atoms with van der Waals surface area (Å²) in [4.78, 5) is 0. The van der Waals surface area contributed by atoms with Crippen LogP contribution in [0.15, 0.2) is 23.8 Å². The Kier molecular flexibility index (Phi) is 3.97. The zero-order chi connectivity index (χ0) is 18.9. The molecule has 1 fully saturated rings. The first kappa shape index (κ1) is 17.9. The van der Waals surface area contributed by atoms with Crippen LogP contribution in [-0.2, 0) is 6.42 Å². The number of hydrogen-bond acceptors (Lipinski definition) is 3. The highest BCUT2D eigenvalue weighted by Crippen LogP contribution is 2.56. The fourth-order valence-electron chi connectivity index (χ4n) is 5.95. The second kappa shape index (κ2) is 5.76. The maximum Gasteiger partial charge on any atom is 0.127 e. The average Bonchev–Trinajstić information content (AvgIpc) is 2.50. The van der Waals surface area contributed by atoms with Crippen LogP contribution < -0.4 is 4.74 Å². The molecule has 4 rings (SSSR count). The zero-order valence-corrected chi connectivity index (χ0v) is 16.7. The molecule has 0 saturated heterocycles. The predicted octanol–water partition coefficient (Wildman–Crippen LogP) is 4.77. The fourth-order valence-corrected chi connectivity index (χ4v) is 5.95. The Labute approximate surface area is 157 Å². The molecule has 1 aliphatic heterocycles. The van der Waals surface area contributed by atoms with Crippen molar-refractivity contribution in [1.29, 1.82) is 0 Å². The monoisotopic (exact) mass is 356 g/mol. The average molecular weight is 357 g/mol. The van der Waals surface area contributed by atoms with E-state index >= 15 is 0 Å². The van der Waals surface area contributed by atoms with Crippen LogP contribution in [-0.4, -0.2) is 21.4 Å². The number of rotatable bonds is 1. The molecule has 1 heterocycles. The van der Waals surface area contributed by atoms with E-state index < -0.39 is 5.60 Å². The minimum atomic E-state index is -0.676. The van der Waals surface area contributed by atoms with E-state index in [2.05, 4.69) is 26.8 Å². The topological polar surface area (TPSA) is 49.7 Å². The van der Waals surface area contributed by atoms with Crippen molar-refractivity contribution in [2.24, 2.45) is 23.7 Å². The Morgan fingerprint density at radius 2 is 1.96 bits per heavy atom. The maximum atomic E-state index is 10.8. The number of fused-ring (bicyclic) bond motifs is 3. The van der Waals surface area contributed by atoms with Crippen LogP contribution in [0.2, 0.25) is 0 Å². The molecule has 142 valence electrons. The lowest BCUT2D eigenvalue weighted by Crippen LogP contribution is -2.55. The van der Waals surface area contributed by atoms with Crippen molar-refractivity contribution in [3.8, 4) is 11.5 Å². The predicted molar refractivity (Wildman–Crippen MR) is 103 cm³/mol. The highest BCUT2D eigenvalue weighted by atomic mass is 16.5. The Morgan fingerprint density at radius 1 is 1.23 bits per heavy atom. The molecule has 0 radical (unpaired) electrons. The molecular weight excluding hydrogens is 324 g/mol. The van der Waals surface area contributed by atoms with Crippen LogP contribution in [0, 0.1) is 30.6 Å². The van der Waals surface area contributed by atoms with Gasteiger partial charge in [-0.3, -0.25) is 0 Å². The van der Waals surface area contributed by atoms with Gasteiger partial charge in [-0.2, -0.15) is 0 Å². The quantitative estimate of drug-likeness (QED) is 0.712. The minimum Gasteiger partial charge on any atom is -0.508 e. The van der Waals surface area contributed by atoms with Crippen LogP contribution in [0.25, 0.3) is 0 Å². The SMILES string of the molecule is CC1=CC[C@H](C(C)(C)O)[C@H]2C[C@]3(C)Oc4cc(O)cc(C)c4C[C@@H]3C[C@H]12. The number of benzene rings is 1. The smallest absolute Gasteiger partial charge is 0.127 e. The number of aromatic hydroxyl groups is 1. The first-order valence-corrected chi connectivity index (χ1v) is 9.99. The van der Waals surface area contributed by atoms with Gasteiger partial charge in [0.05, 0.1) is 5.60 Å². The van der Waals surface area contributed by atoms with Crippen molar-refractivity contribution in [1.82, 2.24) is 0 Å². The third-order valence-corrected chi connectivity index (χ3v) is 7.47. The summed E-state index contributed by atoms with van der Waals surface area (Å²) in [5, 5.41) is 20.8. The summed E-state index contributed by atoms with van der Waals surface area (Å²) in [5.41, 5.74) is 2.96. The van der Waals surface area contributed by atoms with E-state index in [1.807, 2.05) is 19.9 Å². The summed E-state index contributed by atoms with van der Waals surface area (Å²) in [7, 11) is 0. The summed E-state index contributed by atoms with van der Waals surface area (Å²) in [5.74, 6) is 2.86. The van der Waals surface area contributed by atoms with Crippen LogP contribution in [0.3, 0.4) is 0 Å². The van der Waals surface area contributed by atoms with Crippen molar-refractivity contribution >= 4 is 0 Å². The fraction of sp³-hybridized carbons (Fsp3) is 0.652. The molecule has 1 aromatic carbocycles. The molecule has 3 aliphatic rings. The molecule has 0 bridgehead atoms. The van der Waals surface area contributed by atoms with Crippen LogP contribution in [0.1, 0.15) is 58.1 Å². The van der Waals surface area contributed by atoms with Gasteiger partial charge < -0.3 is 14.9 Å². The highest BCUT2D eigenvalue weighted by Gasteiger charge is 2.53. The number of ether oxygens (including phenoxy) is 1. The molecule has 0 spiro atoms. The standard InChI is InChI=1S/C23H32O3/c1-13-6-7-20(22(3,4)25)19-12-23(5)15(9-17(13)19)10-18-14(2)8-16(24)11-21(18)26-23/h6,8,11,15,17,19-20,24-25H,7,9-10,12H2,1-5H3/t15-,17+,19-,20-,23-/m0/s1. The van der Waals surface area contributed by atoms with Gasteiger partial charge in [0, 0.05) is 12.0 Å². The van der Waals surface area contributed by atoms with Gasteiger partial charge in [0.25, 0.3) is 0 Å². The number of hydrogen-bond donors (Lipinski definition) is 2. The minimum absolute atomic E-state index is 0.227. The number of phenolic OH excluding ortho intramolecular Hbond substituents is 1. The molecule has 5 atom stereocenters. The van der Waals surface area contributed by atoms with Gasteiger partial charge in [-0.25, -0.2) is 0 Å². The first-order valence-electron chi connectivity index (χ1n) is 9.99. The van der Waals surface area contributed by atoms with E-state index in [-0.39, 0.29) is 17.3 Å². The second-order valence-electron chi connectivity index (χ2n) is 9.71. The molecule has 1 saturated carbocycles. The van der Waals surface area contributed by atoms with Crippen LogP contribution in [0.4, 0.5) is 0 Å². The van der Waals surface area contributed by atoms with Gasteiger partial charge in [-0.1, -0.05) is 11.6 Å². The first-order chi connectivity index (χ1) is 12.1. The zero-order valence-electron chi connectivity index (χ0n) is 16.7. The molecule has 2 N–H and O–H groups in total. The summed E-state index contributed by atoms with van der Waals surface area (Å²) >= 11 is 0. The van der Waals surface area contributed by atoms with E-state index in [9.17, 15) is 10.2 Å². The number of allylic oxidation sites excluding steroid dienone is 2.